The van der Waals surface area contributed by atoms with Gasteiger partial charge in [-0.1, -0.05) is 12.1 Å². The number of ether oxygens (including phenoxy) is 1. The molecule has 0 bridgehead atoms. The summed E-state index contributed by atoms with van der Waals surface area (Å²) in [7, 11) is 3.84. The zero-order chi connectivity index (χ0) is 28.3. The van der Waals surface area contributed by atoms with Crippen molar-refractivity contribution < 1.29 is 9.53 Å². The topological polar surface area (TPSA) is 130 Å². The largest absolute Gasteiger partial charge is 0.378 e. The second-order valence-electron chi connectivity index (χ2n) is 10.5. The molecule has 2 aliphatic rings. The van der Waals surface area contributed by atoms with Gasteiger partial charge in [-0.2, -0.15) is 0 Å². The summed E-state index contributed by atoms with van der Waals surface area (Å²) in [6, 6.07) is 10.5. The quantitative estimate of drug-likeness (QED) is 0.374. The zero-order valence-corrected chi connectivity index (χ0v) is 23.4. The average Bonchev–Trinajstić information content (AvgIpc) is 3.01. The Hall–Kier alpha value is -4.42. The molecular weight excluding hydrogens is 520 g/mol. The number of morpholine rings is 1. The number of nitrogens with two attached hydrogens (primary N) is 1. The van der Waals surface area contributed by atoms with E-state index in [4.69, 9.17) is 25.4 Å². The Kier molecular flexibility index (Phi) is 7.57. The smallest absolute Gasteiger partial charge is 0.236 e. The maximum absolute atomic E-state index is 12.5. The molecule has 0 saturated carbocycles. The van der Waals surface area contributed by atoms with E-state index in [2.05, 4.69) is 50.1 Å². The number of carbonyl (C=O) groups is 1. The molecule has 12 nitrogen and oxygen atoms in total. The molecule has 212 valence electrons. The number of hydrogen-bond donors (Lipinski definition) is 1. The van der Waals surface area contributed by atoms with Gasteiger partial charge in [-0.3, -0.25) is 9.78 Å². The number of piperazine rings is 1. The summed E-state index contributed by atoms with van der Waals surface area (Å²) in [6.45, 7) is 6.18. The molecule has 41 heavy (non-hydrogen) atoms. The molecule has 0 spiro atoms. The summed E-state index contributed by atoms with van der Waals surface area (Å²) in [4.78, 5) is 43.7. The molecule has 2 aliphatic heterocycles. The van der Waals surface area contributed by atoms with Crippen molar-refractivity contribution in [3.8, 4) is 22.5 Å². The molecule has 0 radical (unpaired) electrons. The summed E-state index contributed by atoms with van der Waals surface area (Å²) >= 11 is 0. The van der Waals surface area contributed by atoms with Gasteiger partial charge >= 0.3 is 0 Å². The number of amides is 1. The highest BCUT2D eigenvalue weighted by Crippen LogP contribution is 2.31. The normalized spacial score (nSPS) is 16.0. The van der Waals surface area contributed by atoms with Crippen molar-refractivity contribution in [1.82, 2.24) is 34.7 Å². The Morgan fingerprint density at radius 3 is 2.34 bits per heavy atom. The van der Waals surface area contributed by atoms with Gasteiger partial charge in [0.15, 0.2) is 11.6 Å². The van der Waals surface area contributed by atoms with Crippen molar-refractivity contribution in [2.75, 3.05) is 88.7 Å². The van der Waals surface area contributed by atoms with Gasteiger partial charge in [0.25, 0.3) is 0 Å². The number of aromatic nitrogens is 5. The molecule has 2 saturated heterocycles. The minimum absolute atomic E-state index is 0.175. The number of fused-ring (bicyclic) bond motifs is 1. The average molecular weight is 555 g/mol. The lowest BCUT2D eigenvalue weighted by molar-refractivity contribution is -0.132. The van der Waals surface area contributed by atoms with Crippen LogP contribution in [0.15, 0.2) is 48.9 Å². The molecule has 12 heteroatoms. The lowest BCUT2D eigenvalue weighted by Crippen LogP contribution is -2.50. The van der Waals surface area contributed by atoms with Crippen molar-refractivity contribution in [2.45, 2.75) is 0 Å². The maximum Gasteiger partial charge on any atom is 0.236 e. The van der Waals surface area contributed by atoms with E-state index in [0.717, 1.165) is 59.8 Å². The second kappa shape index (κ2) is 11.6. The molecule has 3 aromatic heterocycles. The number of likely N-dealkylation sites (N-methyl/N-ethyl adjacent to an activating group) is 1. The Labute approximate surface area is 238 Å². The predicted octanol–water partition coefficient (Wildman–Crippen LogP) is 1.78. The van der Waals surface area contributed by atoms with Crippen LogP contribution in [0.4, 0.5) is 17.5 Å². The standard InChI is InChI=1S/C29H34N10O2/c1-36(2)19-25(40)38-8-6-37(7-9-38)23-5-3-4-20(14-23)21-15-24-26(31-16-21)28(39-10-12-41-13-11-39)35-27(34-24)22-17-32-29(30)33-18-22/h3-5,14-18H,6-13,19H2,1-2H3,(H2,30,32,33). The third-order valence-electron chi connectivity index (χ3n) is 7.39. The van der Waals surface area contributed by atoms with Gasteiger partial charge in [0.05, 0.1) is 30.8 Å². The number of nitrogens with zero attached hydrogens (tertiary/aromatic N) is 9. The molecule has 5 heterocycles. The fraction of sp³-hybridized carbons (Fsp3) is 0.379. The van der Waals surface area contributed by atoms with Crippen LogP contribution in [0, 0.1) is 0 Å². The Bertz CT molecular complexity index is 1530. The highest BCUT2D eigenvalue weighted by molar-refractivity contribution is 5.90. The summed E-state index contributed by atoms with van der Waals surface area (Å²) < 4.78 is 5.57. The van der Waals surface area contributed by atoms with Crippen LogP contribution in [0.1, 0.15) is 0 Å². The van der Waals surface area contributed by atoms with Gasteiger partial charge in [0, 0.05) is 69.1 Å². The van der Waals surface area contributed by atoms with Crippen LogP contribution in [-0.4, -0.2) is 114 Å². The number of pyridine rings is 1. The van der Waals surface area contributed by atoms with Crippen molar-refractivity contribution in [2.24, 2.45) is 0 Å². The van der Waals surface area contributed by atoms with Gasteiger partial charge in [-0.05, 0) is 37.9 Å². The van der Waals surface area contributed by atoms with Gasteiger partial charge in [0.1, 0.15) is 5.52 Å². The number of anilines is 3. The molecule has 4 aromatic rings. The monoisotopic (exact) mass is 554 g/mol. The number of hydrogen-bond acceptors (Lipinski definition) is 11. The van der Waals surface area contributed by atoms with E-state index >= 15 is 0 Å². The van der Waals surface area contributed by atoms with Crippen molar-refractivity contribution in [1.29, 1.82) is 0 Å². The molecule has 1 amide bonds. The van der Waals surface area contributed by atoms with E-state index in [-0.39, 0.29) is 11.9 Å². The molecule has 6 rings (SSSR count). The summed E-state index contributed by atoms with van der Waals surface area (Å²) in [5.74, 6) is 1.67. The first-order valence-electron chi connectivity index (χ1n) is 13.8. The third kappa shape index (κ3) is 5.88. The second-order valence-corrected chi connectivity index (χ2v) is 10.5. The van der Waals surface area contributed by atoms with Crippen molar-refractivity contribution >= 4 is 34.4 Å². The fourth-order valence-corrected chi connectivity index (χ4v) is 5.21. The highest BCUT2D eigenvalue weighted by Gasteiger charge is 2.23. The number of nitrogen functional groups attached to an aromatic ring is 1. The Morgan fingerprint density at radius 2 is 1.61 bits per heavy atom. The van der Waals surface area contributed by atoms with Crippen LogP contribution < -0.4 is 15.5 Å². The predicted molar refractivity (Wildman–Crippen MR) is 159 cm³/mol. The fourth-order valence-electron chi connectivity index (χ4n) is 5.21. The third-order valence-corrected chi connectivity index (χ3v) is 7.39. The number of carbonyl (C=O) groups excluding carboxylic acids is 1. The SMILES string of the molecule is CN(C)CC(=O)N1CCN(c2cccc(-c3cnc4c(N5CCOCC5)nc(-c5cnc(N)nc5)nc4c3)c2)CC1. The Morgan fingerprint density at radius 1 is 0.878 bits per heavy atom. The Balaban J connectivity index is 1.30. The molecule has 0 unspecified atom stereocenters. The minimum atomic E-state index is 0.175. The molecule has 1 aromatic carbocycles. The first kappa shape index (κ1) is 26.8. The van der Waals surface area contributed by atoms with Gasteiger partial charge in [0.2, 0.25) is 11.9 Å². The zero-order valence-electron chi connectivity index (χ0n) is 23.4. The van der Waals surface area contributed by atoms with E-state index < -0.39 is 0 Å². The van der Waals surface area contributed by atoms with Gasteiger partial charge in [-0.15, -0.1) is 0 Å². The molecule has 2 fully saturated rings. The number of rotatable bonds is 6. The molecular formula is C29H34N10O2. The summed E-state index contributed by atoms with van der Waals surface area (Å²) in [5.41, 5.74) is 11.0. The maximum atomic E-state index is 12.5. The highest BCUT2D eigenvalue weighted by atomic mass is 16.5. The molecule has 2 N–H and O–H groups in total. The molecule has 0 aliphatic carbocycles. The van der Waals surface area contributed by atoms with E-state index in [9.17, 15) is 4.79 Å². The first-order chi connectivity index (χ1) is 19.9. The van der Waals surface area contributed by atoms with Gasteiger partial charge in [-0.25, -0.2) is 19.9 Å². The van der Waals surface area contributed by atoms with Crippen LogP contribution in [0.25, 0.3) is 33.5 Å². The summed E-state index contributed by atoms with van der Waals surface area (Å²) in [5, 5.41) is 0. The first-order valence-corrected chi connectivity index (χ1v) is 13.8. The van der Waals surface area contributed by atoms with Crippen LogP contribution in [0.2, 0.25) is 0 Å². The lowest BCUT2D eigenvalue weighted by Gasteiger charge is -2.36. The van der Waals surface area contributed by atoms with E-state index in [1.807, 2.05) is 30.1 Å². The molecule has 0 atom stereocenters. The number of benzene rings is 1. The van der Waals surface area contributed by atoms with Crippen LogP contribution in [-0.2, 0) is 9.53 Å². The van der Waals surface area contributed by atoms with Gasteiger partial charge < -0.3 is 30.1 Å². The van der Waals surface area contributed by atoms with Crippen LogP contribution >= 0.6 is 0 Å². The van der Waals surface area contributed by atoms with Crippen molar-refractivity contribution in [3.63, 3.8) is 0 Å². The minimum Gasteiger partial charge on any atom is -0.378 e. The van der Waals surface area contributed by atoms with E-state index in [1.165, 1.54) is 0 Å². The van der Waals surface area contributed by atoms with Crippen LogP contribution in [0.3, 0.4) is 0 Å². The summed E-state index contributed by atoms with van der Waals surface area (Å²) in [6.07, 6.45) is 5.17. The van der Waals surface area contributed by atoms with Crippen LogP contribution in [0.5, 0.6) is 0 Å². The van der Waals surface area contributed by atoms with Crippen molar-refractivity contribution in [3.05, 3.63) is 48.9 Å². The van der Waals surface area contributed by atoms with E-state index in [0.29, 0.717) is 44.2 Å². The lowest BCUT2D eigenvalue weighted by atomic mass is 10.1. The van der Waals surface area contributed by atoms with E-state index in [1.54, 1.807) is 12.4 Å².